The first-order valence-electron chi connectivity index (χ1n) is 8.01. The predicted octanol–water partition coefficient (Wildman–Crippen LogP) is 3.97. The Labute approximate surface area is 161 Å². The number of rotatable bonds is 5. The van der Waals surface area contributed by atoms with Crippen LogP contribution in [0.25, 0.3) is 11.4 Å². The highest BCUT2D eigenvalue weighted by Crippen LogP contribution is 2.29. The van der Waals surface area contributed by atoms with Gasteiger partial charge in [0.25, 0.3) is 5.91 Å². The number of Topliss-reactive ketones (excluding diaryl/α,β-unsaturated/α-hetero) is 1. The van der Waals surface area contributed by atoms with E-state index in [0.717, 1.165) is 10.4 Å². The summed E-state index contributed by atoms with van der Waals surface area (Å²) in [6.45, 7) is 2.24. The van der Waals surface area contributed by atoms with Crippen molar-refractivity contribution in [2.75, 3.05) is 7.05 Å². The summed E-state index contributed by atoms with van der Waals surface area (Å²) in [5.74, 6) is -3.11. The van der Waals surface area contributed by atoms with Crippen LogP contribution in [0.3, 0.4) is 0 Å². The largest absolute Gasteiger partial charge is 0.471 e. The first-order chi connectivity index (χ1) is 13.2. The summed E-state index contributed by atoms with van der Waals surface area (Å²) in [5, 5.41) is 5.18. The molecule has 0 aliphatic heterocycles. The lowest BCUT2D eigenvalue weighted by molar-refractivity contribution is -0.159. The number of carbonyl (C=O) groups excluding carboxylic acids is 2. The van der Waals surface area contributed by atoms with Gasteiger partial charge >= 0.3 is 12.1 Å². The Morgan fingerprint density at radius 1 is 1.18 bits per heavy atom. The molecular weight excluding hydrogens is 395 g/mol. The lowest BCUT2D eigenvalue weighted by atomic mass is 10.1. The van der Waals surface area contributed by atoms with Gasteiger partial charge in [-0.25, -0.2) is 0 Å². The molecule has 3 rings (SSSR count). The Bertz CT molecular complexity index is 1010. The highest BCUT2D eigenvalue weighted by molar-refractivity contribution is 7.10. The molecule has 28 heavy (non-hydrogen) atoms. The van der Waals surface area contributed by atoms with Crippen molar-refractivity contribution in [1.82, 2.24) is 15.0 Å². The topological polar surface area (TPSA) is 76.3 Å². The van der Waals surface area contributed by atoms with Crippen LogP contribution in [0.2, 0.25) is 0 Å². The van der Waals surface area contributed by atoms with Gasteiger partial charge in [0.05, 0.1) is 6.54 Å². The van der Waals surface area contributed by atoms with Gasteiger partial charge in [-0.2, -0.15) is 18.2 Å². The molecule has 0 aliphatic carbocycles. The van der Waals surface area contributed by atoms with Gasteiger partial charge < -0.3 is 9.42 Å². The second-order valence-corrected chi connectivity index (χ2v) is 7.02. The van der Waals surface area contributed by atoms with E-state index in [1.165, 1.54) is 47.5 Å². The van der Waals surface area contributed by atoms with Gasteiger partial charge in [-0.1, -0.05) is 29.4 Å². The van der Waals surface area contributed by atoms with Crippen molar-refractivity contribution in [3.63, 3.8) is 0 Å². The molecule has 2 heterocycles. The monoisotopic (exact) mass is 409 g/mol. The van der Waals surface area contributed by atoms with E-state index in [2.05, 4.69) is 14.7 Å². The lowest BCUT2D eigenvalue weighted by Crippen LogP contribution is -2.32. The standard InChI is InChI=1S/C18H14F3N3O3S/c1-10-7-8-28-13(10)9-24(2)16(26)14(25)11-3-5-12(6-4-11)15-22-17(27-23-15)18(19,20)21/h3-8H,9H2,1-2H3. The number of benzene rings is 1. The zero-order valence-electron chi connectivity index (χ0n) is 14.8. The number of carbonyl (C=O) groups is 2. The summed E-state index contributed by atoms with van der Waals surface area (Å²) < 4.78 is 41.8. The van der Waals surface area contributed by atoms with Crippen LogP contribution in [0.1, 0.15) is 26.7 Å². The quantitative estimate of drug-likeness (QED) is 0.471. The number of aryl methyl sites for hydroxylation is 1. The fourth-order valence-electron chi connectivity index (χ4n) is 2.38. The molecule has 0 saturated heterocycles. The molecular formula is C18H14F3N3O3S. The third-order valence-electron chi connectivity index (χ3n) is 3.96. The van der Waals surface area contributed by atoms with Gasteiger partial charge in [0.2, 0.25) is 11.6 Å². The van der Waals surface area contributed by atoms with Gasteiger partial charge in [0.1, 0.15) is 0 Å². The number of amides is 1. The Morgan fingerprint density at radius 3 is 2.39 bits per heavy atom. The van der Waals surface area contributed by atoms with E-state index in [4.69, 9.17) is 0 Å². The molecule has 1 aromatic carbocycles. The van der Waals surface area contributed by atoms with E-state index in [0.29, 0.717) is 6.54 Å². The number of aromatic nitrogens is 2. The molecule has 0 aliphatic rings. The van der Waals surface area contributed by atoms with Crippen LogP contribution in [0.15, 0.2) is 40.2 Å². The number of likely N-dealkylation sites (N-methyl/N-ethyl adjacent to an activating group) is 1. The normalized spacial score (nSPS) is 11.5. The van der Waals surface area contributed by atoms with Gasteiger partial charge in [0, 0.05) is 23.1 Å². The minimum absolute atomic E-state index is 0.114. The average Bonchev–Trinajstić information content (AvgIpc) is 3.30. The summed E-state index contributed by atoms with van der Waals surface area (Å²) >= 11 is 1.50. The zero-order chi connectivity index (χ0) is 20.5. The Balaban J connectivity index is 1.72. The molecule has 10 heteroatoms. The summed E-state index contributed by atoms with van der Waals surface area (Å²) in [6.07, 6.45) is -4.74. The SMILES string of the molecule is Cc1ccsc1CN(C)C(=O)C(=O)c1ccc(-c2noc(C(F)(F)F)n2)cc1. The highest BCUT2D eigenvalue weighted by atomic mass is 32.1. The fourth-order valence-corrected chi connectivity index (χ4v) is 3.34. The number of alkyl halides is 3. The number of nitrogens with zero attached hydrogens (tertiary/aromatic N) is 3. The highest BCUT2D eigenvalue weighted by Gasteiger charge is 2.38. The maximum atomic E-state index is 12.5. The van der Waals surface area contributed by atoms with Crippen LogP contribution in [0.4, 0.5) is 13.2 Å². The molecule has 3 aromatic rings. The summed E-state index contributed by atoms with van der Waals surface area (Å²) in [4.78, 5) is 30.3. The molecule has 1 amide bonds. The van der Waals surface area contributed by atoms with Crippen molar-refractivity contribution in [1.29, 1.82) is 0 Å². The Morgan fingerprint density at radius 2 is 1.86 bits per heavy atom. The molecule has 0 radical (unpaired) electrons. The van der Waals surface area contributed by atoms with E-state index in [-0.39, 0.29) is 17.0 Å². The van der Waals surface area contributed by atoms with Crippen LogP contribution >= 0.6 is 11.3 Å². The van der Waals surface area contributed by atoms with E-state index in [1.807, 2.05) is 18.4 Å². The molecule has 146 valence electrons. The predicted molar refractivity (Wildman–Crippen MR) is 94.6 cm³/mol. The van der Waals surface area contributed by atoms with E-state index in [9.17, 15) is 22.8 Å². The van der Waals surface area contributed by atoms with Crippen molar-refractivity contribution in [2.24, 2.45) is 0 Å². The fraction of sp³-hybridized carbons (Fsp3) is 0.222. The van der Waals surface area contributed by atoms with Crippen molar-refractivity contribution in [3.05, 3.63) is 57.6 Å². The molecule has 2 aromatic heterocycles. The van der Waals surface area contributed by atoms with Gasteiger partial charge in [0.15, 0.2) is 0 Å². The summed E-state index contributed by atoms with van der Waals surface area (Å²) in [7, 11) is 1.53. The summed E-state index contributed by atoms with van der Waals surface area (Å²) in [5.41, 5.74) is 1.38. The summed E-state index contributed by atoms with van der Waals surface area (Å²) in [6, 6.07) is 7.32. The molecule has 0 unspecified atom stereocenters. The van der Waals surface area contributed by atoms with Crippen LogP contribution in [0.5, 0.6) is 0 Å². The van der Waals surface area contributed by atoms with E-state index in [1.54, 1.807) is 0 Å². The zero-order valence-corrected chi connectivity index (χ0v) is 15.6. The second kappa shape index (κ2) is 7.55. The Hall–Kier alpha value is -3.01. The molecule has 0 bridgehead atoms. The van der Waals surface area contributed by atoms with Crippen LogP contribution in [-0.4, -0.2) is 33.8 Å². The number of hydrogen-bond acceptors (Lipinski definition) is 6. The van der Waals surface area contributed by atoms with Crippen LogP contribution in [-0.2, 0) is 17.5 Å². The molecule has 0 atom stereocenters. The van der Waals surface area contributed by atoms with Crippen LogP contribution in [0, 0.1) is 6.92 Å². The van der Waals surface area contributed by atoms with Gasteiger partial charge in [-0.3, -0.25) is 9.59 Å². The maximum absolute atomic E-state index is 12.5. The first-order valence-corrected chi connectivity index (χ1v) is 8.89. The smallest absolute Gasteiger partial charge is 0.334 e. The van der Waals surface area contributed by atoms with Gasteiger partial charge in [-0.15, -0.1) is 11.3 Å². The van der Waals surface area contributed by atoms with E-state index < -0.39 is 23.8 Å². The van der Waals surface area contributed by atoms with Crippen LogP contribution < -0.4 is 0 Å². The van der Waals surface area contributed by atoms with Gasteiger partial charge in [-0.05, 0) is 23.9 Å². The maximum Gasteiger partial charge on any atom is 0.471 e. The molecule has 0 saturated carbocycles. The van der Waals surface area contributed by atoms with Crippen molar-refractivity contribution >= 4 is 23.0 Å². The first kappa shape index (κ1) is 19.7. The Kier molecular flexibility index (Phi) is 5.32. The van der Waals surface area contributed by atoms with Crippen molar-refractivity contribution < 1.29 is 27.3 Å². The minimum Gasteiger partial charge on any atom is -0.334 e. The lowest BCUT2D eigenvalue weighted by Gasteiger charge is -2.16. The van der Waals surface area contributed by atoms with Crippen molar-refractivity contribution in [2.45, 2.75) is 19.6 Å². The molecule has 0 fully saturated rings. The number of ketones is 1. The third-order valence-corrected chi connectivity index (χ3v) is 4.97. The van der Waals surface area contributed by atoms with E-state index >= 15 is 0 Å². The number of hydrogen-bond donors (Lipinski definition) is 0. The third kappa shape index (κ3) is 4.11. The molecule has 0 N–H and O–H groups in total. The minimum atomic E-state index is -4.74. The number of halogens is 3. The van der Waals surface area contributed by atoms with Crippen molar-refractivity contribution in [3.8, 4) is 11.4 Å². The average molecular weight is 409 g/mol. The second-order valence-electron chi connectivity index (χ2n) is 6.02. The molecule has 0 spiro atoms. The molecule has 6 nitrogen and oxygen atoms in total. The number of thiophene rings is 1.